The minimum atomic E-state index is -0.330. The topological polar surface area (TPSA) is 70.3 Å². The maximum Gasteiger partial charge on any atom is 0.237 e. The molecule has 1 rings (SSSR count). The Kier molecular flexibility index (Phi) is 3.79. The predicted molar refractivity (Wildman–Crippen MR) is 52.0 cm³/mol. The number of aromatic nitrogens is 2. The van der Waals surface area contributed by atoms with Crippen LogP contribution in [0.4, 0.5) is 0 Å². The molecule has 1 aromatic heterocycles. The van der Waals surface area contributed by atoms with Crippen LogP contribution in [0.3, 0.4) is 0 Å². The number of rotatable bonds is 4. The Morgan fingerprint density at radius 2 is 1.93 bits per heavy atom. The molecule has 0 saturated carbocycles. The molecule has 0 aromatic carbocycles. The lowest BCUT2D eigenvalue weighted by atomic mass is 10.1. The summed E-state index contributed by atoms with van der Waals surface area (Å²) < 4.78 is 10.2. The van der Waals surface area contributed by atoms with Crippen LogP contribution in [0.5, 0.6) is 5.88 Å². The van der Waals surface area contributed by atoms with Crippen molar-refractivity contribution < 1.29 is 9.47 Å². The zero-order valence-electron chi connectivity index (χ0n) is 8.60. The average Bonchev–Trinajstić information content (AvgIpc) is 2.26. The van der Waals surface area contributed by atoms with E-state index in [2.05, 4.69) is 9.97 Å². The zero-order chi connectivity index (χ0) is 10.6. The molecule has 0 amide bonds. The maximum atomic E-state index is 5.92. The summed E-state index contributed by atoms with van der Waals surface area (Å²) in [5.74, 6) is 0.448. The fraction of sp³-hybridized carbons (Fsp3) is 0.556. The van der Waals surface area contributed by atoms with E-state index in [0.29, 0.717) is 11.6 Å². The van der Waals surface area contributed by atoms with Crippen molar-refractivity contribution >= 4 is 0 Å². The lowest BCUT2D eigenvalue weighted by molar-refractivity contribution is 0.0933. The van der Waals surface area contributed by atoms with Crippen LogP contribution in [-0.2, 0) is 4.74 Å². The summed E-state index contributed by atoms with van der Waals surface area (Å²) in [5.41, 5.74) is 6.53. The van der Waals surface area contributed by atoms with Gasteiger partial charge in [-0.25, -0.2) is 4.98 Å². The molecule has 0 aliphatic heterocycles. The zero-order valence-corrected chi connectivity index (χ0v) is 8.60. The fourth-order valence-electron chi connectivity index (χ4n) is 1.09. The molecule has 5 nitrogen and oxygen atoms in total. The van der Waals surface area contributed by atoms with Gasteiger partial charge in [-0.05, 0) is 6.92 Å². The molecule has 14 heavy (non-hydrogen) atoms. The first-order chi connectivity index (χ1) is 6.70. The van der Waals surface area contributed by atoms with Gasteiger partial charge in [0.1, 0.15) is 5.69 Å². The van der Waals surface area contributed by atoms with E-state index in [1.165, 1.54) is 7.11 Å². The molecule has 0 spiro atoms. The highest BCUT2D eigenvalue weighted by Gasteiger charge is 2.20. The van der Waals surface area contributed by atoms with Gasteiger partial charge >= 0.3 is 0 Å². The van der Waals surface area contributed by atoms with Gasteiger partial charge in [-0.2, -0.15) is 0 Å². The maximum absolute atomic E-state index is 5.92. The highest BCUT2D eigenvalue weighted by Crippen LogP contribution is 2.21. The Morgan fingerprint density at radius 1 is 1.29 bits per heavy atom. The van der Waals surface area contributed by atoms with Crippen LogP contribution in [0, 0.1) is 0 Å². The second kappa shape index (κ2) is 4.88. The van der Waals surface area contributed by atoms with Crippen LogP contribution in [-0.4, -0.2) is 30.3 Å². The summed E-state index contributed by atoms with van der Waals surface area (Å²) in [5, 5.41) is 0. The predicted octanol–water partition coefficient (Wildman–Crippen LogP) is 0.520. The van der Waals surface area contributed by atoms with E-state index < -0.39 is 0 Å². The van der Waals surface area contributed by atoms with Crippen molar-refractivity contribution in [3.63, 3.8) is 0 Å². The highest BCUT2D eigenvalue weighted by molar-refractivity contribution is 5.21. The Bertz CT molecular complexity index is 293. The van der Waals surface area contributed by atoms with Gasteiger partial charge in [0.25, 0.3) is 0 Å². The summed E-state index contributed by atoms with van der Waals surface area (Å²) in [4.78, 5) is 8.14. The molecule has 0 aliphatic rings. The van der Waals surface area contributed by atoms with Crippen LogP contribution < -0.4 is 10.5 Å². The highest BCUT2D eigenvalue weighted by atomic mass is 16.5. The van der Waals surface area contributed by atoms with Crippen molar-refractivity contribution in [2.24, 2.45) is 5.73 Å². The van der Waals surface area contributed by atoms with Crippen molar-refractivity contribution in [3.8, 4) is 5.88 Å². The van der Waals surface area contributed by atoms with E-state index in [1.807, 2.05) is 6.92 Å². The van der Waals surface area contributed by atoms with E-state index in [4.69, 9.17) is 15.2 Å². The number of nitrogens with two attached hydrogens (primary N) is 1. The van der Waals surface area contributed by atoms with E-state index >= 15 is 0 Å². The molecule has 0 bridgehead atoms. The molecule has 78 valence electrons. The van der Waals surface area contributed by atoms with Crippen molar-refractivity contribution in [1.29, 1.82) is 0 Å². The summed E-state index contributed by atoms with van der Waals surface area (Å²) in [6.45, 7) is 1.87. The fourth-order valence-corrected chi connectivity index (χ4v) is 1.09. The Labute approximate surface area is 83.3 Å². The van der Waals surface area contributed by atoms with Crippen molar-refractivity contribution in [2.45, 2.75) is 19.1 Å². The standard InChI is InChI=1S/C9H15N3O2/c1-6(13-2)7(10)8-9(14-3)12-5-4-11-8/h4-7H,10H2,1-3H3. The third-order valence-electron chi connectivity index (χ3n) is 2.08. The number of hydrogen-bond acceptors (Lipinski definition) is 5. The minimum Gasteiger partial charge on any atom is -0.480 e. The summed E-state index contributed by atoms with van der Waals surface area (Å²) in [6, 6.07) is -0.330. The molecular formula is C9H15N3O2. The third-order valence-corrected chi connectivity index (χ3v) is 2.08. The van der Waals surface area contributed by atoms with Gasteiger partial charge in [0.05, 0.1) is 19.3 Å². The molecule has 2 atom stereocenters. The monoisotopic (exact) mass is 197 g/mol. The second-order valence-corrected chi connectivity index (χ2v) is 2.92. The molecule has 0 fully saturated rings. The van der Waals surface area contributed by atoms with Crippen LogP contribution in [0.1, 0.15) is 18.7 Å². The van der Waals surface area contributed by atoms with Crippen LogP contribution >= 0.6 is 0 Å². The average molecular weight is 197 g/mol. The van der Waals surface area contributed by atoms with Gasteiger partial charge in [-0.3, -0.25) is 4.98 Å². The Balaban J connectivity index is 2.93. The number of hydrogen-bond donors (Lipinski definition) is 1. The van der Waals surface area contributed by atoms with Crippen LogP contribution in [0.15, 0.2) is 12.4 Å². The van der Waals surface area contributed by atoms with Crippen LogP contribution in [0.2, 0.25) is 0 Å². The van der Waals surface area contributed by atoms with Gasteiger partial charge < -0.3 is 15.2 Å². The van der Waals surface area contributed by atoms with E-state index in [1.54, 1.807) is 19.5 Å². The molecule has 0 saturated heterocycles. The smallest absolute Gasteiger partial charge is 0.237 e. The third kappa shape index (κ3) is 2.18. The molecule has 0 aliphatic carbocycles. The number of ether oxygens (including phenoxy) is 2. The molecule has 0 radical (unpaired) electrons. The lowest BCUT2D eigenvalue weighted by Crippen LogP contribution is -2.26. The van der Waals surface area contributed by atoms with Gasteiger partial charge in [0.15, 0.2) is 0 Å². The van der Waals surface area contributed by atoms with Gasteiger partial charge in [0, 0.05) is 19.5 Å². The number of methoxy groups -OCH3 is 2. The Hall–Kier alpha value is -1.20. The van der Waals surface area contributed by atoms with E-state index in [9.17, 15) is 0 Å². The van der Waals surface area contributed by atoms with Gasteiger partial charge in [0.2, 0.25) is 5.88 Å². The van der Waals surface area contributed by atoms with Crippen molar-refractivity contribution in [2.75, 3.05) is 14.2 Å². The quantitative estimate of drug-likeness (QED) is 0.762. The van der Waals surface area contributed by atoms with Gasteiger partial charge in [-0.15, -0.1) is 0 Å². The molecular weight excluding hydrogens is 182 g/mol. The largest absolute Gasteiger partial charge is 0.480 e. The summed E-state index contributed by atoms with van der Waals surface area (Å²) in [6.07, 6.45) is 3.02. The SMILES string of the molecule is COc1nccnc1C(N)C(C)OC. The summed E-state index contributed by atoms with van der Waals surface area (Å²) in [7, 11) is 3.14. The first-order valence-corrected chi connectivity index (χ1v) is 4.34. The minimum absolute atomic E-state index is 0.124. The van der Waals surface area contributed by atoms with E-state index in [-0.39, 0.29) is 12.1 Å². The molecule has 2 unspecified atom stereocenters. The van der Waals surface area contributed by atoms with Crippen LogP contribution in [0.25, 0.3) is 0 Å². The van der Waals surface area contributed by atoms with Crippen molar-refractivity contribution in [1.82, 2.24) is 9.97 Å². The van der Waals surface area contributed by atoms with Crippen molar-refractivity contribution in [3.05, 3.63) is 18.1 Å². The second-order valence-electron chi connectivity index (χ2n) is 2.92. The lowest BCUT2D eigenvalue weighted by Gasteiger charge is -2.18. The molecule has 1 heterocycles. The molecule has 5 heteroatoms. The van der Waals surface area contributed by atoms with Gasteiger partial charge in [-0.1, -0.05) is 0 Å². The molecule has 1 aromatic rings. The molecule has 2 N–H and O–H groups in total. The normalized spacial score (nSPS) is 14.9. The number of nitrogens with zero attached hydrogens (tertiary/aromatic N) is 2. The summed E-state index contributed by atoms with van der Waals surface area (Å²) >= 11 is 0. The first kappa shape index (κ1) is 10.9. The van der Waals surface area contributed by atoms with E-state index in [0.717, 1.165) is 0 Å². The first-order valence-electron chi connectivity index (χ1n) is 4.34. The Morgan fingerprint density at radius 3 is 2.50 bits per heavy atom.